The van der Waals surface area contributed by atoms with E-state index in [0.717, 1.165) is 11.8 Å². The van der Waals surface area contributed by atoms with Crippen molar-refractivity contribution < 1.29 is 18.5 Å². The third kappa shape index (κ3) is 4.09. The molecule has 1 N–H and O–H groups in total. The van der Waals surface area contributed by atoms with Crippen molar-refractivity contribution in [2.75, 3.05) is 0 Å². The van der Waals surface area contributed by atoms with E-state index in [1.165, 1.54) is 30.3 Å². The summed E-state index contributed by atoms with van der Waals surface area (Å²) in [5, 5.41) is 13.5. The lowest BCUT2D eigenvalue weighted by atomic mass is 10.1. The molecule has 0 saturated carbocycles. The summed E-state index contributed by atoms with van der Waals surface area (Å²) in [5.74, 6) is 0.676. The van der Waals surface area contributed by atoms with E-state index in [0.29, 0.717) is 33.5 Å². The maximum absolute atomic E-state index is 13.1. The molecule has 0 atom stereocenters. The minimum absolute atomic E-state index is 0.0632. The minimum atomic E-state index is -0.473. The van der Waals surface area contributed by atoms with Crippen molar-refractivity contribution in [3.05, 3.63) is 87.3 Å². The van der Waals surface area contributed by atoms with E-state index < -0.39 is 4.92 Å². The number of nitro benzene ring substituents is 1. The van der Waals surface area contributed by atoms with Gasteiger partial charge in [0.2, 0.25) is 0 Å². The van der Waals surface area contributed by atoms with Crippen LogP contribution < -0.4 is 5.32 Å². The number of amidine groups is 1. The molecule has 0 spiro atoms. The number of hydrogen-bond acceptors (Lipinski definition) is 6. The summed E-state index contributed by atoms with van der Waals surface area (Å²) in [5.41, 5.74) is 0.775. The Labute approximate surface area is 168 Å². The van der Waals surface area contributed by atoms with Crippen LogP contribution in [0.5, 0.6) is 0 Å². The standard InChI is InChI=1S/C20H12FN3O4S/c21-12-5-7-13(8-6-12)22-19-18(29-20(25)23-19)11-14-9-10-17(28-14)15-3-1-2-4-16(15)24(26)27/h1-11H,(H,22,23,25)/b18-11-. The molecule has 1 fully saturated rings. The Morgan fingerprint density at radius 3 is 2.62 bits per heavy atom. The van der Waals surface area contributed by atoms with Crippen molar-refractivity contribution in [1.82, 2.24) is 5.32 Å². The van der Waals surface area contributed by atoms with Crippen LogP contribution in [0.3, 0.4) is 0 Å². The second-order valence-corrected chi connectivity index (χ2v) is 6.95. The van der Waals surface area contributed by atoms with Crippen LogP contribution >= 0.6 is 11.8 Å². The van der Waals surface area contributed by atoms with Gasteiger partial charge in [0.25, 0.3) is 10.9 Å². The van der Waals surface area contributed by atoms with E-state index in [9.17, 15) is 19.3 Å². The predicted molar refractivity (Wildman–Crippen MR) is 108 cm³/mol. The highest BCUT2D eigenvalue weighted by Crippen LogP contribution is 2.33. The Kier molecular flexibility index (Phi) is 4.96. The fourth-order valence-corrected chi connectivity index (χ4v) is 3.42. The van der Waals surface area contributed by atoms with Crippen LogP contribution in [0.15, 0.2) is 75.0 Å². The average molecular weight is 409 g/mol. The number of rotatable bonds is 4. The Morgan fingerprint density at radius 2 is 1.86 bits per heavy atom. The number of thioether (sulfide) groups is 1. The molecule has 0 aliphatic carbocycles. The summed E-state index contributed by atoms with van der Waals surface area (Å²) >= 11 is 0.942. The first-order valence-electron chi connectivity index (χ1n) is 8.38. The summed E-state index contributed by atoms with van der Waals surface area (Å²) in [4.78, 5) is 27.4. The van der Waals surface area contributed by atoms with Crippen molar-refractivity contribution >= 4 is 40.3 Å². The zero-order chi connectivity index (χ0) is 20.4. The number of nitro groups is 1. The Morgan fingerprint density at radius 1 is 1.10 bits per heavy atom. The first kappa shape index (κ1) is 18.6. The summed E-state index contributed by atoms with van der Waals surface area (Å²) in [6.45, 7) is 0. The van der Waals surface area contributed by atoms with Crippen molar-refractivity contribution in [2.45, 2.75) is 0 Å². The maximum Gasteiger partial charge on any atom is 0.289 e. The Bertz CT molecular complexity index is 1170. The van der Waals surface area contributed by atoms with Gasteiger partial charge in [-0.1, -0.05) is 12.1 Å². The molecular formula is C20H12FN3O4S. The quantitative estimate of drug-likeness (QED) is 0.452. The second-order valence-electron chi connectivity index (χ2n) is 5.94. The SMILES string of the molecule is O=C1NC(=Nc2ccc(F)cc2)/C(=C/c2ccc(-c3ccccc3[N+](=O)[O-])o2)S1. The van der Waals surface area contributed by atoms with Crippen LogP contribution in [0.2, 0.25) is 0 Å². The molecule has 1 aromatic heterocycles. The van der Waals surface area contributed by atoms with E-state index >= 15 is 0 Å². The lowest BCUT2D eigenvalue weighted by Crippen LogP contribution is -2.18. The molecule has 3 aromatic rings. The van der Waals surface area contributed by atoms with Crippen molar-refractivity contribution in [3.63, 3.8) is 0 Å². The lowest BCUT2D eigenvalue weighted by Gasteiger charge is -2.00. The monoisotopic (exact) mass is 409 g/mol. The van der Waals surface area contributed by atoms with Gasteiger partial charge in [0.05, 0.1) is 21.1 Å². The number of nitrogens with zero attached hydrogens (tertiary/aromatic N) is 2. The first-order valence-corrected chi connectivity index (χ1v) is 9.20. The number of halogens is 1. The number of carbonyl (C=O) groups excluding carboxylic acids is 1. The van der Waals surface area contributed by atoms with Gasteiger partial charge >= 0.3 is 0 Å². The summed E-state index contributed by atoms with van der Waals surface area (Å²) in [6.07, 6.45) is 1.61. The van der Waals surface area contributed by atoms with Crippen LogP contribution in [0.25, 0.3) is 17.4 Å². The van der Waals surface area contributed by atoms with Gasteiger partial charge in [0.15, 0.2) is 0 Å². The average Bonchev–Trinajstić information content (AvgIpc) is 3.30. The minimum Gasteiger partial charge on any atom is -0.456 e. The van der Waals surface area contributed by atoms with Crippen molar-refractivity contribution in [2.24, 2.45) is 4.99 Å². The van der Waals surface area contributed by atoms with Crippen LogP contribution in [0.1, 0.15) is 5.76 Å². The molecule has 2 heterocycles. The van der Waals surface area contributed by atoms with Crippen LogP contribution in [0, 0.1) is 15.9 Å². The fraction of sp³-hybridized carbons (Fsp3) is 0. The zero-order valence-corrected chi connectivity index (χ0v) is 15.5. The number of nitrogens with one attached hydrogen (secondary N) is 1. The molecule has 4 rings (SSSR count). The first-order chi connectivity index (χ1) is 14.0. The highest BCUT2D eigenvalue weighted by Gasteiger charge is 2.24. The van der Waals surface area contributed by atoms with Crippen LogP contribution in [0.4, 0.5) is 20.6 Å². The van der Waals surface area contributed by atoms with Gasteiger partial charge in [-0.15, -0.1) is 0 Å². The van der Waals surface area contributed by atoms with E-state index in [-0.39, 0.29) is 16.7 Å². The molecule has 1 amide bonds. The number of benzene rings is 2. The van der Waals surface area contributed by atoms with Crippen LogP contribution in [-0.4, -0.2) is 16.0 Å². The molecule has 144 valence electrons. The molecule has 0 radical (unpaired) electrons. The van der Waals surface area contributed by atoms with E-state index in [4.69, 9.17) is 4.42 Å². The normalized spacial score (nSPS) is 16.4. The lowest BCUT2D eigenvalue weighted by molar-refractivity contribution is -0.384. The van der Waals surface area contributed by atoms with E-state index in [1.807, 2.05) is 0 Å². The van der Waals surface area contributed by atoms with Crippen molar-refractivity contribution in [1.29, 1.82) is 0 Å². The molecular weight excluding hydrogens is 397 g/mol. The van der Waals surface area contributed by atoms with Gasteiger partial charge in [-0.2, -0.15) is 0 Å². The third-order valence-electron chi connectivity index (χ3n) is 3.99. The maximum atomic E-state index is 13.1. The zero-order valence-electron chi connectivity index (χ0n) is 14.7. The summed E-state index contributed by atoms with van der Waals surface area (Å²) in [7, 11) is 0. The molecule has 29 heavy (non-hydrogen) atoms. The molecule has 0 bridgehead atoms. The number of hydrogen-bond donors (Lipinski definition) is 1. The third-order valence-corrected chi connectivity index (χ3v) is 4.81. The van der Waals surface area contributed by atoms with E-state index in [1.54, 1.807) is 36.4 Å². The second kappa shape index (κ2) is 7.72. The Hall–Kier alpha value is -3.72. The number of furan rings is 1. The van der Waals surface area contributed by atoms with Gasteiger partial charge in [0, 0.05) is 6.07 Å². The molecule has 2 aromatic carbocycles. The molecule has 9 heteroatoms. The van der Waals surface area contributed by atoms with Gasteiger partial charge in [0.1, 0.15) is 23.2 Å². The van der Waals surface area contributed by atoms with Gasteiger partial charge < -0.3 is 9.73 Å². The summed E-state index contributed by atoms with van der Waals surface area (Å²) in [6, 6.07) is 15.1. The molecule has 1 aliphatic rings. The number of aliphatic imine (C=N–C) groups is 1. The molecule has 7 nitrogen and oxygen atoms in total. The number of para-hydroxylation sites is 1. The van der Waals surface area contributed by atoms with E-state index in [2.05, 4.69) is 10.3 Å². The Balaban J connectivity index is 1.66. The van der Waals surface area contributed by atoms with Gasteiger partial charge in [-0.05, 0) is 60.3 Å². The molecule has 1 saturated heterocycles. The highest BCUT2D eigenvalue weighted by atomic mass is 32.2. The molecule has 1 aliphatic heterocycles. The fourth-order valence-electron chi connectivity index (χ4n) is 2.70. The smallest absolute Gasteiger partial charge is 0.289 e. The van der Waals surface area contributed by atoms with Crippen LogP contribution in [-0.2, 0) is 0 Å². The predicted octanol–water partition coefficient (Wildman–Crippen LogP) is 5.52. The number of carbonyl (C=O) groups is 1. The van der Waals surface area contributed by atoms with Crippen molar-refractivity contribution in [3.8, 4) is 11.3 Å². The highest BCUT2D eigenvalue weighted by molar-refractivity contribution is 8.18. The van der Waals surface area contributed by atoms with Gasteiger partial charge in [-0.25, -0.2) is 9.38 Å². The topological polar surface area (TPSA) is 97.7 Å². The number of amides is 1. The summed E-state index contributed by atoms with van der Waals surface area (Å²) < 4.78 is 18.8. The van der Waals surface area contributed by atoms with Gasteiger partial charge in [-0.3, -0.25) is 14.9 Å². The molecule has 0 unspecified atom stereocenters. The largest absolute Gasteiger partial charge is 0.456 e.